The number of hydrogen-bond donors (Lipinski definition) is 3. The average molecular weight is 277 g/mol. The summed E-state index contributed by atoms with van der Waals surface area (Å²) in [5.74, 6) is -1.22. The fourth-order valence-electron chi connectivity index (χ4n) is 2.50. The maximum absolute atomic E-state index is 12.3. The van der Waals surface area contributed by atoms with E-state index in [2.05, 4.69) is 29.5 Å². The number of aromatic carboxylic acids is 1. The van der Waals surface area contributed by atoms with E-state index in [1.807, 2.05) is 0 Å². The molecule has 0 aromatic carbocycles. The zero-order chi connectivity index (χ0) is 14.8. The van der Waals surface area contributed by atoms with Crippen molar-refractivity contribution in [3.8, 4) is 0 Å². The van der Waals surface area contributed by atoms with E-state index in [1.165, 1.54) is 18.5 Å². The summed E-state index contributed by atoms with van der Waals surface area (Å²) in [5.41, 5.74) is 0.330. The van der Waals surface area contributed by atoms with Crippen molar-refractivity contribution in [1.29, 1.82) is 0 Å². The normalized spacial score (nSPS) is 21.2. The zero-order valence-corrected chi connectivity index (χ0v) is 11.6. The lowest BCUT2D eigenvalue weighted by molar-refractivity contribution is -0.121. The summed E-state index contributed by atoms with van der Waals surface area (Å²) in [6, 6.07) is 1.12. The number of carbonyl (C=O) groups is 2. The van der Waals surface area contributed by atoms with Crippen molar-refractivity contribution in [3.05, 3.63) is 24.0 Å². The first-order valence-electron chi connectivity index (χ1n) is 6.63. The Morgan fingerprint density at radius 2 is 2.20 bits per heavy atom. The summed E-state index contributed by atoms with van der Waals surface area (Å²) in [5, 5.41) is 14.9. The summed E-state index contributed by atoms with van der Waals surface area (Å²) in [7, 11) is 0. The fraction of sp³-hybridized carbons (Fsp3) is 0.500. The van der Waals surface area contributed by atoms with Crippen LogP contribution >= 0.6 is 0 Å². The van der Waals surface area contributed by atoms with Gasteiger partial charge in [0.1, 0.15) is 0 Å². The second kappa shape index (κ2) is 5.58. The van der Waals surface area contributed by atoms with Gasteiger partial charge in [-0.25, -0.2) is 4.79 Å². The number of carboxylic acid groups (broad SMARTS) is 1. The van der Waals surface area contributed by atoms with Gasteiger partial charge in [0.25, 0.3) is 0 Å². The zero-order valence-electron chi connectivity index (χ0n) is 11.6. The van der Waals surface area contributed by atoms with Crippen molar-refractivity contribution in [2.45, 2.75) is 32.7 Å². The third-order valence-electron chi connectivity index (χ3n) is 3.64. The summed E-state index contributed by atoms with van der Waals surface area (Å²) in [4.78, 5) is 27.0. The molecule has 6 heteroatoms. The van der Waals surface area contributed by atoms with Gasteiger partial charge in [-0.2, -0.15) is 0 Å². The van der Waals surface area contributed by atoms with Gasteiger partial charge in [-0.1, -0.05) is 13.8 Å². The van der Waals surface area contributed by atoms with E-state index in [9.17, 15) is 9.59 Å². The van der Waals surface area contributed by atoms with Crippen molar-refractivity contribution >= 4 is 17.6 Å². The van der Waals surface area contributed by atoms with Crippen molar-refractivity contribution < 1.29 is 14.7 Å². The van der Waals surface area contributed by atoms with Gasteiger partial charge in [-0.3, -0.25) is 9.78 Å². The van der Waals surface area contributed by atoms with E-state index in [0.717, 1.165) is 19.4 Å². The van der Waals surface area contributed by atoms with Crippen molar-refractivity contribution in [2.24, 2.45) is 5.41 Å². The molecule has 1 aromatic heterocycles. The molecule has 0 aliphatic carbocycles. The van der Waals surface area contributed by atoms with Crippen LogP contribution in [0.2, 0.25) is 0 Å². The Morgan fingerprint density at radius 3 is 2.85 bits per heavy atom. The molecule has 20 heavy (non-hydrogen) atoms. The molecule has 2 rings (SSSR count). The molecule has 108 valence electrons. The number of amides is 1. The molecule has 3 N–H and O–H groups in total. The van der Waals surface area contributed by atoms with Crippen LogP contribution in [0, 0.1) is 5.41 Å². The van der Waals surface area contributed by atoms with Crippen LogP contribution in [0.25, 0.3) is 0 Å². The number of aromatic nitrogens is 1. The monoisotopic (exact) mass is 277 g/mol. The first kappa shape index (κ1) is 14.5. The van der Waals surface area contributed by atoms with Crippen LogP contribution in [0.3, 0.4) is 0 Å². The topological polar surface area (TPSA) is 91.3 Å². The lowest BCUT2D eigenvalue weighted by Gasteiger charge is -2.38. The molecule has 0 bridgehead atoms. The molecule has 2 heterocycles. The molecule has 1 aliphatic heterocycles. The van der Waals surface area contributed by atoms with Gasteiger partial charge >= 0.3 is 5.97 Å². The highest BCUT2D eigenvalue weighted by molar-refractivity contribution is 5.96. The Morgan fingerprint density at radius 1 is 1.45 bits per heavy atom. The summed E-state index contributed by atoms with van der Waals surface area (Å²) in [6.45, 7) is 4.92. The number of anilines is 1. The minimum absolute atomic E-state index is 0.0543. The molecule has 1 saturated heterocycles. The number of nitrogens with one attached hydrogen (secondary N) is 2. The predicted octanol–water partition coefficient (Wildman–Crippen LogP) is 1.50. The van der Waals surface area contributed by atoms with Gasteiger partial charge in [-0.15, -0.1) is 0 Å². The van der Waals surface area contributed by atoms with E-state index in [-0.39, 0.29) is 22.9 Å². The SMILES string of the molecule is CC1(C)CCCNC1C(=O)Nc1cncc(C(=O)O)c1. The standard InChI is InChI=1S/C14H19N3O3/c1-14(2)4-3-5-16-11(14)12(18)17-10-6-9(13(19)20)7-15-8-10/h6-8,11,16H,3-5H2,1-2H3,(H,17,18)(H,19,20). The molecule has 1 unspecified atom stereocenters. The number of pyridine rings is 1. The van der Waals surface area contributed by atoms with Gasteiger partial charge in [-0.05, 0) is 30.9 Å². The van der Waals surface area contributed by atoms with Crippen molar-refractivity contribution in [3.63, 3.8) is 0 Å². The van der Waals surface area contributed by atoms with Crippen LogP contribution in [0.15, 0.2) is 18.5 Å². The van der Waals surface area contributed by atoms with E-state index >= 15 is 0 Å². The smallest absolute Gasteiger partial charge is 0.337 e. The van der Waals surface area contributed by atoms with E-state index in [4.69, 9.17) is 5.11 Å². The molecule has 0 radical (unpaired) electrons. The van der Waals surface area contributed by atoms with Crippen molar-refractivity contribution in [1.82, 2.24) is 10.3 Å². The third-order valence-corrected chi connectivity index (χ3v) is 3.64. The molecular formula is C14H19N3O3. The molecule has 1 aliphatic rings. The maximum Gasteiger partial charge on any atom is 0.337 e. The van der Waals surface area contributed by atoms with Crippen LogP contribution in [-0.2, 0) is 4.79 Å². The first-order chi connectivity index (χ1) is 9.40. The van der Waals surface area contributed by atoms with E-state index < -0.39 is 5.97 Å². The van der Waals surface area contributed by atoms with E-state index in [0.29, 0.717) is 5.69 Å². The van der Waals surface area contributed by atoms with Crippen LogP contribution in [-0.4, -0.2) is 34.6 Å². The molecular weight excluding hydrogens is 258 g/mol. The highest BCUT2D eigenvalue weighted by Gasteiger charge is 2.37. The summed E-state index contributed by atoms with van der Waals surface area (Å²) < 4.78 is 0. The van der Waals surface area contributed by atoms with Gasteiger partial charge < -0.3 is 15.7 Å². The maximum atomic E-state index is 12.3. The molecule has 0 saturated carbocycles. The summed E-state index contributed by atoms with van der Waals surface area (Å²) >= 11 is 0. The minimum Gasteiger partial charge on any atom is -0.478 e. The van der Waals surface area contributed by atoms with Gasteiger partial charge in [0, 0.05) is 6.20 Å². The lowest BCUT2D eigenvalue weighted by atomic mass is 9.77. The van der Waals surface area contributed by atoms with Crippen LogP contribution in [0.1, 0.15) is 37.0 Å². The number of rotatable bonds is 3. The van der Waals surface area contributed by atoms with Gasteiger partial charge in [0.15, 0.2) is 0 Å². The predicted molar refractivity (Wildman–Crippen MR) is 74.6 cm³/mol. The third kappa shape index (κ3) is 3.14. The molecule has 1 fully saturated rings. The Bertz CT molecular complexity index is 528. The molecule has 1 amide bonds. The molecule has 6 nitrogen and oxygen atoms in total. The highest BCUT2D eigenvalue weighted by Crippen LogP contribution is 2.30. The number of piperidine rings is 1. The van der Waals surface area contributed by atoms with Gasteiger partial charge in [0.05, 0.1) is 23.5 Å². The van der Waals surface area contributed by atoms with Crippen LogP contribution in [0.4, 0.5) is 5.69 Å². The van der Waals surface area contributed by atoms with Crippen LogP contribution < -0.4 is 10.6 Å². The Kier molecular flexibility index (Phi) is 4.04. The minimum atomic E-state index is -1.07. The molecule has 1 aromatic rings. The second-order valence-electron chi connectivity index (χ2n) is 5.74. The number of carboxylic acids is 1. The largest absolute Gasteiger partial charge is 0.478 e. The second-order valence-corrected chi connectivity index (χ2v) is 5.74. The Hall–Kier alpha value is -1.95. The highest BCUT2D eigenvalue weighted by atomic mass is 16.4. The van der Waals surface area contributed by atoms with Gasteiger partial charge in [0.2, 0.25) is 5.91 Å². The fourth-order valence-corrected chi connectivity index (χ4v) is 2.50. The van der Waals surface area contributed by atoms with E-state index in [1.54, 1.807) is 0 Å². The Labute approximate surface area is 117 Å². The quantitative estimate of drug-likeness (QED) is 0.778. The molecule has 1 atom stereocenters. The molecule has 0 spiro atoms. The number of carbonyl (C=O) groups excluding carboxylic acids is 1. The van der Waals surface area contributed by atoms with Crippen LogP contribution in [0.5, 0.6) is 0 Å². The van der Waals surface area contributed by atoms with Crippen molar-refractivity contribution in [2.75, 3.05) is 11.9 Å². The number of nitrogens with zero attached hydrogens (tertiary/aromatic N) is 1. The summed E-state index contributed by atoms with van der Waals surface area (Å²) in [6.07, 6.45) is 4.72. The Balaban J connectivity index is 2.11. The lowest BCUT2D eigenvalue weighted by Crippen LogP contribution is -2.53. The number of hydrogen-bond acceptors (Lipinski definition) is 4. The first-order valence-corrected chi connectivity index (χ1v) is 6.63. The average Bonchev–Trinajstić information content (AvgIpc) is 2.38.